The summed E-state index contributed by atoms with van der Waals surface area (Å²) in [6.07, 6.45) is 4.61. The van der Waals surface area contributed by atoms with E-state index in [0.717, 1.165) is 36.1 Å². The highest BCUT2D eigenvalue weighted by Gasteiger charge is 2.23. The second kappa shape index (κ2) is 11.1. The molecule has 2 heterocycles. The highest BCUT2D eigenvalue weighted by molar-refractivity contribution is 7.15. The van der Waals surface area contributed by atoms with Crippen molar-refractivity contribution in [3.05, 3.63) is 40.8 Å². The number of nitrogens with zero attached hydrogens (tertiary/aromatic N) is 1. The Bertz CT molecular complexity index is 859. The monoisotopic (exact) mass is 429 g/mol. The molecule has 3 rings (SSSR count). The van der Waals surface area contributed by atoms with Crippen LogP contribution in [0.3, 0.4) is 0 Å². The minimum atomic E-state index is -0.419. The first kappa shape index (κ1) is 22.3. The molecule has 2 aromatic rings. The van der Waals surface area contributed by atoms with Gasteiger partial charge in [-0.1, -0.05) is 24.3 Å². The van der Waals surface area contributed by atoms with Gasteiger partial charge in [-0.05, 0) is 70.3 Å². The van der Waals surface area contributed by atoms with E-state index in [9.17, 15) is 9.59 Å². The Labute approximate surface area is 182 Å². The molecule has 1 fully saturated rings. The Hall–Kier alpha value is -2.38. The van der Waals surface area contributed by atoms with Gasteiger partial charge in [0, 0.05) is 17.5 Å². The topological polar surface area (TPSA) is 70.7 Å². The summed E-state index contributed by atoms with van der Waals surface area (Å²) in [4.78, 5) is 27.5. The van der Waals surface area contributed by atoms with Crippen LogP contribution in [0.1, 0.15) is 48.5 Å². The van der Waals surface area contributed by atoms with E-state index >= 15 is 0 Å². The summed E-state index contributed by atoms with van der Waals surface area (Å²) in [7, 11) is 0. The molecule has 30 heavy (non-hydrogen) atoms. The number of anilines is 1. The van der Waals surface area contributed by atoms with Crippen LogP contribution in [0, 0.1) is 6.92 Å². The fourth-order valence-corrected chi connectivity index (χ4v) is 4.69. The Balaban J connectivity index is 1.61. The fourth-order valence-electron chi connectivity index (χ4n) is 3.75. The van der Waals surface area contributed by atoms with Gasteiger partial charge in [0.1, 0.15) is 10.6 Å². The smallest absolute Gasteiger partial charge is 0.341 e. The van der Waals surface area contributed by atoms with Crippen molar-refractivity contribution in [1.82, 2.24) is 10.2 Å². The van der Waals surface area contributed by atoms with Crippen LogP contribution in [0.5, 0.6) is 0 Å². The number of hydrogen-bond donors (Lipinski definition) is 2. The number of urea groups is 1. The van der Waals surface area contributed by atoms with Gasteiger partial charge >= 0.3 is 12.0 Å². The van der Waals surface area contributed by atoms with Crippen molar-refractivity contribution in [2.75, 3.05) is 38.1 Å². The first-order valence-electron chi connectivity index (χ1n) is 10.7. The van der Waals surface area contributed by atoms with Gasteiger partial charge in [0.25, 0.3) is 0 Å². The number of amides is 2. The largest absolute Gasteiger partial charge is 0.462 e. The summed E-state index contributed by atoms with van der Waals surface area (Å²) in [5.74, 6) is -0.419. The van der Waals surface area contributed by atoms with Crippen LogP contribution in [-0.4, -0.2) is 49.7 Å². The van der Waals surface area contributed by atoms with Crippen LogP contribution >= 0.6 is 11.3 Å². The third-order valence-corrected chi connectivity index (χ3v) is 6.21. The maximum atomic E-state index is 12.6. The van der Waals surface area contributed by atoms with E-state index < -0.39 is 5.97 Å². The minimum absolute atomic E-state index is 0.282. The zero-order chi connectivity index (χ0) is 21.3. The van der Waals surface area contributed by atoms with Crippen LogP contribution < -0.4 is 10.6 Å². The predicted octanol–water partition coefficient (Wildman–Crippen LogP) is 4.90. The molecule has 1 aliphatic heterocycles. The third-order valence-electron chi connectivity index (χ3n) is 5.32. The molecule has 1 saturated heterocycles. The molecule has 2 amide bonds. The number of ether oxygens (including phenoxy) is 1. The Morgan fingerprint density at radius 3 is 2.63 bits per heavy atom. The molecule has 0 aliphatic carbocycles. The number of rotatable bonds is 9. The number of thiophene rings is 1. The first-order valence-corrected chi connectivity index (χ1v) is 11.6. The molecule has 162 valence electrons. The number of benzene rings is 1. The zero-order valence-corrected chi connectivity index (χ0v) is 18.6. The average Bonchev–Trinajstić information content (AvgIpc) is 3.38. The molecule has 0 radical (unpaired) electrons. The quantitative estimate of drug-likeness (QED) is 0.439. The van der Waals surface area contributed by atoms with Gasteiger partial charge in [0.05, 0.1) is 6.61 Å². The molecule has 0 spiro atoms. The maximum absolute atomic E-state index is 12.6. The lowest BCUT2D eigenvalue weighted by molar-refractivity contribution is 0.0529. The van der Waals surface area contributed by atoms with E-state index in [4.69, 9.17) is 4.74 Å². The lowest BCUT2D eigenvalue weighted by atomic mass is 9.99. The zero-order valence-electron chi connectivity index (χ0n) is 17.8. The van der Waals surface area contributed by atoms with E-state index in [1.807, 2.05) is 36.6 Å². The normalized spacial score (nSPS) is 13.9. The molecule has 1 aromatic heterocycles. The summed E-state index contributed by atoms with van der Waals surface area (Å²) < 4.78 is 5.26. The lowest BCUT2D eigenvalue weighted by Crippen LogP contribution is -2.30. The Kier molecular flexibility index (Phi) is 8.28. The molecular weight excluding hydrogens is 398 g/mol. The molecular formula is C23H31N3O3S. The van der Waals surface area contributed by atoms with E-state index in [0.29, 0.717) is 17.1 Å². The second-order valence-electron chi connectivity index (χ2n) is 7.53. The number of unbranched alkanes of at least 4 members (excludes halogenated alkanes) is 1. The van der Waals surface area contributed by atoms with Gasteiger partial charge in [0.2, 0.25) is 0 Å². The molecule has 6 nitrogen and oxygen atoms in total. The van der Waals surface area contributed by atoms with E-state index in [1.165, 1.54) is 37.3 Å². The van der Waals surface area contributed by atoms with Crippen LogP contribution in [0.4, 0.5) is 9.80 Å². The highest BCUT2D eigenvalue weighted by atomic mass is 32.1. The van der Waals surface area contributed by atoms with Gasteiger partial charge in [-0.15, -0.1) is 11.3 Å². The molecule has 2 N–H and O–H groups in total. The minimum Gasteiger partial charge on any atom is -0.462 e. The van der Waals surface area contributed by atoms with Crippen molar-refractivity contribution in [3.63, 3.8) is 0 Å². The summed E-state index contributed by atoms with van der Waals surface area (Å²) in [6.45, 7) is 8.18. The summed E-state index contributed by atoms with van der Waals surface area (Å²) in [5, 5.41) is 8.17. The van der Waals surface area contributed by atoms with Crippen LogP contribution in [-0.2, 0) is 4.74 Å². The maximum Gasteiger partial charge on any atom is 0.341 e. The molecule has 0 saturated carbocycles. The number of nitrogens with one attached hydrogen (secondary N) is 2. The molecule has 7 heteroatoms. The van der Waals surface area contributed by atoms with E-state index in [1.54, 1.807) is 6.92 Å². The second-order valence-corrected chi connectivity index (χ2v) is 8.41. The number of likely N-dealkylation sites (tertiary alicyclic amines) is 1. The summed E-state index contributed by atoms with van der Waals surface area (Å²) >= 11 is 1.34. The van der Waals surface area contributed by atoms with Crippen LogP contribution in [0.25, 0.3) is 11.1 Å². The average molecular weight is 430 g/mol. The predicted molar refractivity (Wildman–Crippen MR) is 122 cm³/mol. The van der Waals surface area contributed by atoms with Gasteiger partial charge in [-0.3, -0.25) is 5.32 Å². The van der Waals surface area contributed by atoms with Crippen molar-refractivity contribution in [2.45, 2.75) is 39.5 Å². The molecule has 0 unspecified atom stereocenters. The fraction of sp³-hybridized carbons (Fsp3) is 0.478. The lowest BCUT2D eigenvalue weighted by Gasteiger charge is -2.14. The van der Waals surface area contributed by atoms with Gasteiger partial charge in [-0.2, -0.15) is 0 Å². The number of hydrogen-bond acceptors (Lipinski definition) is 5. The number of aryl methyl sites for hydroxylation is 1. The Morgan fingerprint density at radius 2 is 1.90 bits per heavy atom. The molecule has 0 atom stereocenters. The Morgan fingerprint density at radius 1 is 1.13 bits per heavy atom. The number of carbonyl (C=O) groups is 2. The van der Waals surface area contributed by atoms with Crippen molar-refractivity contribution < 1.29 is 14.3 Å². The summed E-state index contributed by atoms with van der Waals surface area (Å²) in [6, 6.07) is 7.59. The third kappa shape index (κ3) is 5.83. The van der Waals surface area contributed by atoms with Gasteiger partial charge in [0.15, 0.2) is 0 Å². The van der Waals surface area contributed by atoms with Gasteiger partial charge in [-0.25, -0.2) is 9.59 Å². The first-order chi connectivity index (χ1) is 14.6. The van der Waals surface area contributed by atoms with Crippen molar-refractivity contribution in [2.24, 2.45) is 0 Å². The van der Waals surface area contributed by atoms with Crippen LogP contribution in [0.15, 0.2) is 29.6 Å². The number of carbonyl (C=O) groups excluding carboxylic acids is 2. The van der Waals surface area contributed by atoms with Crippen molar-refractivity contribution >= 4 is 28.3 Å². The van der Waals surface area contributed by atoms with Crippen LogP contribution in [0.2, 0.25) is 0 Å². The molecule has 1 aliphatic rings. The standard InChI is InChI=1S/C23H31N3O3S/c1-3-29-22(27)20-19(18-11-5-4-10-17(18)2)16-30-21(20)25-23(28)24-12-6-7-13-26-14-8-9-15-26/h4-5,10-11,16H,3,6-9,12-15H2,1-2H3,(H2,24,25,28). The summed E-state index contributed by atoms with van der Waals surface area (Å²) in [5.41, 5.74) is 3.24. The van der Waals surface area contributed by atoms with Gasteiger partial charge < -0.3 is 15.0 Å². The number of esters is 1. The highest BCUT2D eigenvalue weighted by Crippen LogP contribution is 2.37. The van der Waals surface area contributed by atoms with E-state index in [-0.39, 0.29) is 12.6 Å². The van der Waals surface area contributed by atoms with Crippen molar-refractivity contribution in [1.29, 1.82) is 0 Å². The molecule has 0 bridgehead atoms. The van der Waals surface area contributed by atoms with Crippen molar-refractivity contribution in [3.8, 4) is 11.1 Å². The van der Waals surface area contributed by atoms with E-state index in [2.05, 4.69) is 15.5 Å². The molecule has 1 aromatic carbocycles. The SMILES string of the molecule is CCOC(=O)c1c(-c2ccccc2C)csc1NC(=O)NCCCCN1CCCC1.